The predicted octanol–water partition coefficient (Wildman–Crippen LogP) is 3.08. The van der Waals surface area contributed by atoms with Gasteiger partial charge in [-0.15, -0.1) is 0 Å². The van der Waals surface area contributed by atoms with Crippen LogP contribution < -0.4 is 10.5 Å². The Bertz CT molecular complexity index is 494. The maximum absolute atomic E-state index is 12.8. The molecule has 0 saturated heterocycles. The fourth-order valence-corrected chi connectivity index (χ4v) is 1.58. The highest BCUT2D eigenvalue weighted by molar-refractivity contribution is 5.73. The Morgan fingerprint density at radius 1 is 1.06 bits per heavy atom. The van der Waals surface area contributed by atoms with Gasteiger partial charge in [0.15, 0.2) is 0 Å². The fourth-order valence-electron chi connectivity index (χ4n) is 1.58. The molecule has 0 spiro atoms. The van der Waals surface area contributed by atoms with Crippen molar-refractivity contribution in [3.05, 3.63) is 48.3 Å². The summed E-state index contributed by atoms with van der Waals surface area (Å²) in [7, 11) is 1.60. The summed E-state index contributed by atoms with van der Waals surface area (Å²) in [6, 6.07) is 11.6. The van der Waals surface area contributed by atoms with Gasteiger partial charge in [0.25, 0.3) is 0 Å². The second kappa shape index (κ2) is 4.23. The van der Waals surface area contributed by atoms with Crippen LogP contribution in [0, 0.1) is 5.82 Å². The lowest BCUT2D eigenvalue weighted by molar-refractivity contribution is 0.416. The summed E-state index contributed by atoms with van der Waals surface area (Å²) in [5.41, 5.74) is 8.12. The van der Waals surface area contributed by atoms with Gasteiger partial charge in [0, 0.05) is 11.3 Å². The highest BCUT2D eigenvalue weighted by Gasteiger charge is 2.06. The van der Waals surface area contributed by atoms with Gasteiger partial charge in [0.2, 0.25) is 0 Å². The number of halogens is 1. The van der Waals surface area contributed by atoms with Crippen molar-refractivity contribution in [3.63, 3.8) is 0 Å². The summed E-state index contributed by atoms with van der Waals surface area (Å²) in [6.45, 7) is 0. The fraction of sp³-hybridized carbons (Fsp3) is 0.0769. The highest BCUT2D eigenvalue weighted by atomic mass is 18.2. The largest absolute Gasteiger partial charge is 0.496 e. The van der Waals surface area contributed by atoms with E-state index in [9.17, 15) is 4.39 Å². The van der Waals surface area contributed by atoms with E-state index in [-0.39, 0.29) is 5.82 Å². The van der Waals surface area contributed by atoms with Crippen molar-refractivity contribution in [2.24, 2.45) is 0 Å². The van der Waals surface area contributed by atoms with Crippen molar-refractivity contribution >= 4 is 5.69 Å². The molecule has 0 heterocycles. The molecule has 0 atom stereocenters. The Morgan fingerprint density at radius 3 is 2.38 bits per heavy atom. The van der Waals surface area contributed by atoms with Crippen molar-refractivity contribution < 1.29 is 9.13 Å². The van der Waals surface area contributed by atoms with Gasteiger partial charge in [-0.05, 0) is 35.9 Å². The first-order valence-electron chi connectivity index (χ1n) is 4.90. The molecule has 0 aromatic heterocycles. The van der Waals surface area contributed by atoms with Crippen LogP contribution in [-0.4, -0.2) is 7.11 Å². The van der Waals surface area contributed by atoms with Crippen molar-refractivity contribution in [2.75, 3.05) is 12.8 Å². The zero-order valence-corrected chi connectivity index (χ0v) is 8.91. The van der Waals surface area contributed by atoms with Gasteiger partial charge in [-0.1, -0.05) is 12.1 Å². The lowest BCUT2D eigenvalue weighted by Crippen LogP contribution is -1.91. The molecule has 3 heteroatoms. The third-order valence-electron chi connectivity index (χ3n) is 2.38. The van der Waals surface area contributed by atoms with E-state index in [1.54, 1.807) is 31.4 Å². The molecular formula is C13H12FNO. The van der Waals surface area contributed by atoms with Crippen LogP contribution in [0.1, 0.15) is 0 Å². The summed E-state index contributed by atoms with van der Waals surface area (Å²) in [4.78, 5) is 0. The maximum atomic E-state index is 12.8. The van der Waals surface area contributed by atoms with Gasteiger partial charge < -0.3 is 10.5 Å². The third-order valence-corrected chi connectivity index (χ3v) is 2.38. The summed E-state index contributed by atoms with van der Waals surface area (Å²) >= 11 is 0. The number of nitrogen functional groups attached to an aromatic ring is 1. The molecule has 16 heavy (non-hydrogen) atoms. The lowest BCUT2D eigenvalue weighted by Gasteiger charge is -2.09. The molecular weight excluding hydrogens is 204 g/mol. The van der Waals surface area contributed by atoms with Crippen molar-refractivity contribution in [3.8, 4) is 16.9 Å². The molecule has 0 fully saturated rings. The number of methoxy groups -OCH3 is 1. The van der Waals surface area contributed by atoms with E-state index in [4.69, 9.17) is 10.5 Å². The Morgan fingerprint density at radius 2 is 1.75 bits per heavy atom. The number of benzene rings is 2. The molecule has 0 unspecified atom stereocenters. The van der Waals surface area contributed by atoms with Crippen LogP contribution in [0.15, 0.2) is 42.5 Å². The molecule has 2 rings (SSSR count). The first-order valence-corrected chi connectivity index (χ1v) is 4.90. The van der Waals surface area contributed by atoms with Crippen LogP contribution in [0.2, 0.25) is 0 Å². The molecule has 2 N–H and O–H groups in total. The average Bonchev–Trinajstić information content (AvgIpc) is 2.30. The minimum atomic E-state index is -0.258. The van der Waals surface area contributed by atoms with Gasteiger partial charge in [-0.25, -0.2) is 4.39 Å². The van der Waals surface area contributed by atoms with Crippen molar-refractivity contribution in [1.82, 2.24) is 0 Å². The van der Waals surface area contributed by atoms with Crippen LogP contribution in [0.5, 0.6) is 5.75 Å². The summed E-state index contributed by atoms with van der Waals surface area (Å²) < 4.78 is 18.0. The number of ether oxygens (including phenoxy) is 1. The zero-order valence-electron chi connectivity index (χ0n) is 8.91. The van der Waals surface area contributed by atoms with E-state index < -0.39 is 0 Å². The van der Waals surface area contributed by atoms with Gasteiger partial charge in [-0.2, -0.15) is 0 Å². The monoisotopic (exact) mass is 216 g/mol. The van der Waals surface area contributed by atoms with E-state index in [2.05, 4.69) is 0 Å². The maximum Gasteiger partial charge on any atom is 0.126 e. The molecule has 0 radical (unpaired) electrons. The Kier molecular flexibility index (Phi) is 2.77. The minimum absolute atomic E-state index is 0.258. The third kappa shape index (κ3) is 1.98. The van der Waals surface area contributed by atoms with E-state index >= 15 is 0 Å². The van der Waals surface area contributed by atoms with E-state index in [1.165, 1.54) is 12.1 Å². The topological polar surface area (TPSA) is 35.2 Å². The highest BCUT2D eigenvalue weighted by Crippen LogP contribution is 2.31. The molecule has 0 amide bonds. The first kappa shape index (κ1) is 10.5. The molecule has 2 aromatic rings. The van der Waals surface area contributed by atoms with Gasteiger partial charge >= 0.3 is 0 Å². The van der Waals surface area contributed by atoms with E-state index in [0.29, 0.717) is 5.69 Å². The standard InChI is InChI=1S/C13H12FNO/c1-16-13-7-6-11(15)8-12(13)9-2-4-10(14)5-3-9/h2-8H,15H2,1H3/i14-1. The summed E-state index contributed by atoms with van der Waals surface area (Å²) in [5.74, 6) is 0.465. The van der Waals surface area contributed by atoms with Gasteiger partial charge in [-0.3, -0.25) is 0 Å². The van der Waals surface area contributed by atoms with Crippen LogP contribution >= 0.6 is 0 Å². The Labute approximate surface area is 93.5 Å². The van der Waals surface area contributed by atoms with Crippen LogP contribution in [-0.2, 0) is 0 Å². The quantitative estimate of drug-likeness (QED) is 0.783. The second-order valence-electron chi connectivity index (χ2n) is 3.47. The summed E-state index contributed by atoms with van der Waals surface area (Å²) in [6.07, 6.45) is 0. The first-order chi connectivity index (χ1) is 7.70. The minimum Gasteiger partial charge on any atom is -0.496 e. The SMILES string of the molecule is COc1ccc(N)cc1-c1ccc([18F])cc1. The Hall–Kier alpha value is -2.03. The molecule has 0 saturated carbocycles. The number of hydrogen-bond acceptors (Lipinski definition) is 2. The molecule has 82 valence electrons. The van der Waals surface area contributed by atoms with Gasteiger partial charge in [0.05, 0.1) is 7.11 Å². The van der Waals surface area contributed by atoms with Crippen LogP contribution in [0.25, 0.3) is 11.1 Å². The number of nitrogens with two attached hydrogens (primary N) is 1. The zero-order chi connectivity index (χ0) is 11.5. The molecule has 0 aliphatic heterocycles. The predicted molar refractivity (Wildman–Crippen MR) is 62.8 cm³/mol. The van der Waals surface area contributed by atoms with Crippen molar-refractivity contribution in [1.29, 1.82) is 0 Å². The number of rotatable bonds is 2. The number of hydrogen-bond donors (Lipinski definition) is 1. The lowest BCUT2D eigenvalue weighted by atomic mass is 10.0. The molecule has 2 nitrogen and oxygen atoms in total. The van der Waals surface area contributed by atoms with Crippen LogP contribution in [0.3, 0.4) is 0 Å². The molecule has 0 aliphatic carbocycles. The number of anilines is 1. The van der Waals surface area contributed by atoms with Crippen LogP contribution in [0.4, 0.5) is 10.1 Å². The molecule has 0 bridgehead atoms. The van der Waals surface area contributed by atoms with Gasteiger partial charge in [0.1, 0.15) is 11.6 Å². The van der Waals surface area contributed by atoms with Crippen molar-refractivity contribution in [2.45, 2.75) is 0 Å². The Balaban J connectivity index is 2.53. The average molecular weight is 216 g/mol. The smallest absolute Gasteiger partial charge is 0.126 e. The normalized spacial score (nSPS) is 10.1. The van der Waals surface area contributed by atoms with E-state index in [1.807, 2.05) is 6.07 Å². The molecule has 2 aromatic carbocycles. The molecule has 0 aliphatic rings. The summed E-state index contributed by atoms with van der Waals surface area (Å²) in [5, 5.41) is 0. The second-order valence-corrected chi connectivity index (χ2v) is 3.47. The van der Waals surface area contributed by atoms with E-state index in [0.717, 1.165) is 16.9 Å².